The zero-order valence-corrected chi connectivity index (χ0v) is 9.68. The predicted molar refractivity (Wildman–Crippen MR) is 60.5 cm³/mol. The molecular formula is C12H24N2. The quantitative estimate of drug-likeness (QED) is 0.725. The summed E-state index contributed by atoms with van der Waals surface area (Å²) in [5, 5.41) is 3.72. The zero-order valence-electron chi connectivity index (χ0n) is 9.68. The Bertz CT molecular complexity index is 185. The van der Waals surface area contributed by atoms with E-state index in [0.717, 1.165) is 5.92 Å². The Morgan fingerprint density at radius 3 is 2.93 bits per heavy atom. The van der Waals surface area contributed by atoms with Gasteiger partial charge in [-0.25, -0.2) is 0 Å². The van der Waals surface area contributed by atoms with E-state index in [-0.39, 0.29) is 0 Å². The van der Waals surface area contributed by atoms with E-state index in [0.29, 0.717) is 5.54 Å². The lowest BCUT2D eigenvalue weighted by Gasteiger charge is -2.41. The predicted octanol–water partition coefficient (Wildman–Crippen LogP) is 1.86. The maximum atomic E-state index is 3.72. The standard InChI is InChI=1S/C12H24N2/c1-3-14-9-4-6-11(10-14)12(2)7-5-8-13-12/h11,13H,3-10H2,1-2H3. The molecule has 2 fully saturated rings. The summed E-state index contributed by atoms with van der Waals surface area (Å²) in [6, 6.07) is 0. The van der Waals surface area contributed by atoms with Gasteiger partial charge in [0.1, 0.15) is 0 Å². The molecule has 0 aromatic carbocycles. The summed E-state index contributed by atoms with van der Waals surface area (Å²) in [7, 11) is 0. The Morgan fingerprint density at radius 1 is 1.43 bits per heavy atom. The molecule has 0 aliphatic carbocycles. The minimum absolute atomic E-state index is 0.452. The van der Waals surface area contributed by atoms with Crippen LogP contribution < -0.4 is 5.32 Å². The second kappa shape index (κ2) is 4.19. The maximum absolute atomic E-state index is 3.72. The van der Waals surface area contributed by atoms with Crippen LogP contribution in [0.1, 0.15) is 39.5 Å². The number of piperidine rings is 1. The third kappa shape index (κ3) is 1.96. The maximum Gasteiger partial charge on any atom is 0.0194 e. The van der Waals surface area contributed by atoms with E-state index < -0.39 is 0 Å². The number of nitrogens with zero attached hydrogens (tertiary/aromatic N) is 1. The third-order valence-corrected chi connectivity index (χ3v) is 4.26. The monoisotopic (exact) mass is 196 g/mol. The highest BCUT2D eigenvalue weighted by molar-refractivity contribution is 4.97. The van der Waals surface area contributed by atoms with E-state index in [1.165, 1.54) is 51.9 Å². The summed E-state index contributed by atoms with van der Waals surface area (Å²) in [5.41, 5.74) is 0.452. The van der Waals surface area contributed by atoms with Crippen LogP contribution in [0, 0.1) is 5.92 Å². The van der Waals surface area contributed by atoms with Crippen molar-refractivity contribution in [3.05, 3.63) is 0 Å². The van der Waals surface area contributed by atoms with Crippen molar-refractivity contribution >= 4 is 0 Å². The van der Waals surface area contributed by atoms with Crippen molar-refractivity contribution in [1.82, 2.24) is 10.2 Å². The lowest BCUT2D eigenvalue weighted by Crippen LogP contribution is -2.51. The van der Waals surface area contributed by atoms with Gasteiger partial charge in [0.05, 0.1) is 0 Å². The Labute approximate surface area is 88.1 Å². The number of rotatable bonds is 2. The van der Waals surface area contributed by atoms with Crippen molar-refractivity contribution in [3.63, 3.8) is 0 Å². The highest BCUT2D eigenvalue weighted by atomic mass is 15.1. The van der Waals surface area contributed by atoms with Gasteiger partial charge in [-0.3, -0.25) is 0 Å². The molecule has 0 saturated carbocycles. The summed E-state index contributed by atoms with van der Waals surface area (Å²) >= 11 is 0. The van der Waals surface area contributed by atoms with Crippen LogP contribution in [-0.2, 0) is 0 Å². The first kappa shape index (κ1) is 10.4. The third-order valence-electron chi connectivity index (χ3n) is 4.26. The van der Waals surface area contributed by atoms with Crippen molar-refractivity contribution in [3.8, 4) is 0 Å². The molecule has 2 heteroatoms. The average Bonchev–Trinajstić information content (AvgIpc) is 2.67. The molecule has 2 aliphatic heterocycles. The molecule has 0 bridgehead atoms. The van der Waals surface area contributed by atoms with Gasteiger partial charge in [-0.15, -0.1) is 0 Å². The summed E-state index contributed by atoms with van der Waals surface area (Å²) in [4.78, 5) is 2.61. The van der Waals surface area contributed by atoms with Crippen molar-refractivity contribution in [2.75, 3.05) is 26.2 Å². The smallest absolute Gasteiger partial charge is 0.0194 e. The van der Waals surface area contributed by atoms with Gasteiger partial charge in [0.25, 0.3) is 0 Å². The molecule has 0 aromatic rings. The summed E-state index contributed by atoms with van der Waals surface area (Å²) < 4.78 is 0. The second-order valence-electron chi connectivity index (χ2n) is 5.18. The molecule has 14 heavy (non-hydrogen) atoms. The van der Waals surface area contributed by atoms with E-state index >= 15 is 0 Å². The molecule has 2 aliphatic rings. The molecule has 1 N–H and O–H groups in total. The first-order valence-corrected chi connectivity index (χ1v) is 6.22. The van der Waals surface area contributed by atoms with Crippen LogP contribution in [0.5, 0.6) is 0 Å². The van der Waals surface area contributed by atoms with E-state index in [1.54, 1.807) is 0 Å². The fraction of sp³-hybridized carbons (Fsp3) is 1.00. The summed E-state index contributed by atoms with van der Waals surface area (Å²) in [6.07, 6.45) is 5.59. The average molecular weight is 196 g/mol. The largest absolute Gasteiger partial charge is 0.311 e. The number of hydrogen-bond acceptors (Lipinski definition) is 2. The minimum atomic E-state index is 0.452. The molecule has 2 nitrogen and oxygen atoms in total. The van der Waals surface area contributed by atoms with Crippen molar-refractivity contribution in [2.24, 2.45) is 5.92 Å². The van der Waals surface area contributed by atoms with Crippen LogP contribution in [-0.4, -0.2) is 36.6 Å². The summed E-state index contributed by atoms with van der Waals surface area (Å²) in [5.74, 6) is 0.888. The molecule has 0 spiro atoms. The normalized spacial score (nSPS) is 40.3. The van der Waals surface area contributed by atoms with Crippen LogP contribution in [0.15, 0.2) is 0 Å². The van der Waals surface area contributed by atoms with Crippen LogP contribution in [0.3, 0.4) is 0 Å². The molecule has 0 radical (unpaired) electrons. The lowest BCUT2D eigenvalue weighted by molar-refractivity contribution is 0.118. The van der Waals surface area contributed by atoms with E-state index in [2.05, 4.69) is 24.1 Å². The number of nitrogens with one attached hydrogen (secondary N) is 1. The van der Waals surface area contributed by atoms with E-state index in [9.17, 15) is 0 Å². The molecule has 82 valence electrons. The number of likely N-dealkylation sites (tertiary alicyclic amines) is 1. The molecule has 0 aromatic heterocycles. The first-order chi connectivity index (χ1) is 6.74. The van der Waals surface area contributed by atoms with Gasteiger partial charge in [-0.05, 0) is 58.2 Å². The van der Waals surface area contributed by atoms with Crippen LogP contribution in [0.4, 0.5) is 0 Å². The van der Waals surface area contributed by atoms with Crippen molar-refractivity contribution in [1.29, 1.82) is 0 Å². The van der Waals surface area contributed by atoms with Gasteiger partial charge in [0.2, 0.25) is 0 Å². The summed E-state index contributed by atoms with van der Waals surface area (Å²) in [6.45, 7) is 9.82. The lowest BCUT2D eigenvalue weighted by atomic mass is 9.79. The molecule has 2 unspecified atom stereocenters. The molecular weight excluding hydrogens is 172 g/mol. The Morgan fingerprint density at radius 2 is 2.29 bits per heavy atom. The highest BCUT2D eigenvalue weighted by Crippen LogP contribution is 2.33. The first-order valence-electron chi connectivity index (χ1n) is 6.22. The van der Waals surface area contributed by atoms with Gasteiger partial charge in [0, 0.05) is 12.1 Å². The van der Waals surface area contributed by atoms with Gasteiger partial charge in [-0.1, -0.05) is 6.92 Å². The molecule has 0 amide bonds. The highest BCUT2D eigenvalue weighted by Gasteiger charge is 2.38. The number of hydrogen-bond donors (Lipinski definition) is 1. The van der Waals surface area contributed by atoms with Gasteiger partial charge >= 0.3 is 0 Å². The zero-order chi connectivity index (χ0) is 10.0. The van der Waals surface area contributed by atoms with Crippen LogP contribution in [0.2, 0.25) is 0 Å². The SMILES string of the molecule is CCN1CCCC(C2(C)CCCN2)C1. The molecule has 2 atom stereocenters. The topological polar surface area (TPSA) is 15.3 Å². The van der Waals surface area contributed by atoms with Gasteiger partial charge in [0.15, 0.2) is 0 Å². The fourth-order valence-corrected chi connectivity index (χ4v) is 3.13. The fourth-order valence-electron chi connectivity index (χ4n) is 3.13. The second-order valence-corrected chi connectivity index (χ2v) is 5.18. The molecule has 2 heterocycles. The Balaban J connectivity index is 1.96. The molecule has 2 rings (SSSR count). The minimum Gasteiger partial charge on any atom is -0.311 e. The van der Waals surface area contributed by atoms with Crippen molar-refractivity contribution in [2.45, 2.75) is 45.1 Å². The van der Waals surface area contributed by atoms with E-state index in [1.807, 2.05) is 0 Å². The van der Waals surface area contributed by atoms with E-state index in [4.69, 9.17) is 0 Å². The molecule has 2 saturated heterocycles. The Kier molecular flexibility index (Phi) is 3.13. The van der Waals surface area contributed by atoms with Crippen molar-refractivity contribution < 1.29 is 0 Å². The van der Waals surface area contributed by atoms with Crippen LogP contribution >= 0.6 is 0 Å². The van der Waals surface area contributed by atoms with Crippen LogP contribution in [0.25, 0.3) is 0 Å². The van der Waals surface area contributed by atoms with Gasteiger partial charge < -0.3 is 10.2 Å². The van der Waals surface area contributed by atoms with Gasteiger partial charge in [-0.2, -0.15) is 0 Å². The Hall–Kier alpha value is -0.0800.